The smallest absolute Gasteiger partial charge is 0.339 e. The van der Waals surface area contributed by atoms with Gasteiger partial charge < -0.3 is 25.3 Å². The number of amides is 2. The van der Waals surface area contributed by atoms with Gasteiger partial charge in [0.1, 0.15) is 0 Å². The van der Waals surface area contributed by atoms with Gasteiger partial charge >= 0.3 is 5.97 Å². The highest BCUT2D eigenvalue weighted by Gasteiger charge is 2.16. The third-order valence-electron chi connectivity index (χ3n) is 3.47. The van der Waals surface area contributed by atoms with Crippen molar-refractivity contribution in [2.45, 2.75) is 4.90 Å². The molecule has 0 fully saturated rings. The van der Waals surface area contributed by atoms with Crippen molar-refractivity contribution in [3.63, 3.8) is 0 Å². The number of benzene rings is 2. The van der Waals surface area contributed by atoms with Crippen LogP contribution in [0.5, 0.6) is 11.5 Å². The SMILES string of the molecule is NC(=O)COC(=O)c1ccccc1SCC(=O)Nc1ccc2c(c1)OCO2. The fourth-order valence-corrected chi connectivity index (χ4v) is 3.13. The van der Waals surface area contributed by atoms with Crippen LogP contribution in [0.15, 0.2) is 47.4 Å². The van der Waals surface area contributed by atoms with Gasteiger partial charge in [-0.2, -0.15) is 0 Å². The largest absolute Gasteiger partial charge is 0.454 e. The van der Waals surface area contributed by atoms with Crippen LogP contribution in [-0.4, -0.2) is 36.9 Å². The molecule has 2 aromatic carbocycles. The van der Waals surface area contributed by atoms with Crippen LogP contribution in [0.4, 0.5) is 5.69 Å². The van der Waals surface area contributed by atoms with Crippen LogP contribution >= 0.6 is 11.8 Å². The number of primary amides is 1. The van der Waals surface area contributed by atoms with Gasteiger partial charge in [-0.05, 0) is 24.3 Å². The predicted molar refractivity (Wildman–Crippen MR) is 97.8 cm³/mol. The van der Waals surface area contributed by atoms with Gasteiger partial charge in [-0.1, -0.05) is 12.1 Å². The topological polar surface area (TPSA) is 117 Å². The number of thioether (sulfide) groups is 1. The molecule has 3 N–H and O–H groups in total. The quantitative estimate of drug-likeness (QED) is 0.548. The minimum Gasteiger partial charge on any atom is -0.454 e. The van der Waals surface area contributed by atoms with Crippen molar-refractivity contribution in [2.24, 2.45) is 5.73 Å². The van der Waals surface area contributed by atoms with E-state index < -0.39 is 18.5 Å². The van der Waals surface area contributed by atoms with Gasteiger partial charge in [-0.15, -0.1) is 11.8 Å². The molecule has 1 heterocycles. The van der Waals surface area contributed by atoms with Crippen molar-refractivity contribution in [1.82, 2.24) is 0 Å². The summed E-state index contributed by atoms with van der Waals surface area (Å²) < 4.78 is 15.3. The monoisotopic (exact) mass is 388 g/mol. The van der Waals surface area contributed by atoms with Gasteiger partial charge in [0, 0.05) is 16.6 Å². The molecule has 0 saturated heterocycles. The molecule has 27 heavy (non-hydrogen) atoms. The minimum atomic E-state index is -0.739. The molecule has 1 aliphatic rings. The Morgan fingerprint density at radius 1 is 1.11 bits per heavy atom. The number of ether oxygens (including phenoxy) is 3. The van der Waals surface area contributed by atoms with E-state index in [2.05, 4.69) is 5.32 Å². The molecule has 2 amide bonds. The first kappa shape index (κ1) is 18.6. The molecule has 8 nitrogen and oxygen atoms in total. The number of fused-ring (bicyclic) bond motifs is 1. The van der Waals surface area contributed by atoms with Gasteiger partial charge in [0.05, 0.1) is 11.3 Å². The third kappa shape index (κ3) is 4.91. The Kier molecular flexibility index (Phi) is 5.82. The number of esters is 1. The van der Waals surface area contributed by atoms with E-state index >= 15 is 0 Å². The molecular formula is C18H16N2O6S. The Morgan fingerprint density at radius 3 is 2.70 bits per heavy atom. The summed E-state index contributed by atoms with van der Waals surface area (Å²) in [5.41, 5.74) is 5.82. The first-order valence-electron chi connectivity index (χ1n) is 7.89. The Labute approximate surface area is 159 Å². The molecule has 3 rings (SSSR count). The number of rotatable bonds is 7. The van der Waals surface area contributed by atoms with E-state index in [1.807, 2.05) is 0 Å². The zero-order chi connectivity index (χ0) is 19.2. The van der Waals surface area contributed by atoms with Crippen molar-refractivity contribution in [2.75, 3.05) is 24.5 Å². The molecule has 0 radical (unpaired) electrons. The van der Waals surface area contributed by atoms with Gasteiger partial charge in [0.2, 0.25) is 12.7 Å². The van der Waals surface area contributed by atoms with Crippen molar-refractivity contribution >= 4 is 35.2 Å². The lowest BCUT2D eigenvalue weighted by Crippen LogP contribution is -2.21. The van der Waals surface area contributed by atoms with Crippen molar-refractivity contribution < 1.29 is 28.6 Å². The second kappa shape index (κ2) is 8.45. The maximum Gasteiger partial charge on any atom is 0.339 e. The number of hydrogen-bond donors (Lipinski definition) is 2. The number of anilines is 1. The summed E-state index contributed by atoms with van der Waals surface area (Å²) in [6.45, 7) is -0.340. The van der Waals surface area contributed by atoms with Crippen LogP contribution in [0.1, 0.15) is 10.4 Å². The van der Waals surface area contributed by atoms with Crippen molar-refractivity contribution in [3.8, 4) is 11.5 Å². The maximum absolute atomic E-state index is 12.2. The number of carbonyl (C=O) groups excluding carboxylic acids is 3. The maximum atomic E-state index is 12.2. The van der Waals surface area contributed by atoms with Crippen LogP contribution in [0, 0.1) is 0 Å². The first-order valence-corrected chi connectivity index (χ1v) is 8.88. The zero-order valence-corrected chi connectivity index (χ0v) is 14.9. The molecule has 0 aromatic heterocycles. The molecular weight excluding hydrogens is 372 g/mol. The molecule has 0 aliphatic carbocycles. The third-order valence-corrected chi connectivity index (χ3v) is 4.54. The van der Waals surface area contributed by atoms with Crippen LogP contribution < -0.4 is 20.5 Å². The highest BCUT2D eigenvalue weighted by molar-refractivity contribution is 8.00. The molecule has 0 atom stereocenters. The number of nitrogens with one attached hydrogen (secondary N) is 1. The second-order valence-corrected chi connectivity index (χ2v) is 6.46. The highest BCUT2D eigenvalue weighted by atomic mass is 32.2. The summed E-state index contributed by atoms with van der Waals surface area (Å²) in [6, 6.07) is 11.8. The summed E-state index contributed by atoms with van der Waals surface area (Å²) in [5, 5.41) is 2.76. The molecule has 0 bridgehead atoms. The fraction of sp³-hybridized carbons (Fsp3) is 0.167. The van der Waals surface area contributed by atoms with E-state index in [4.69, 9.17) is 19.9 Å². The Balaban J connectivity index is 1.59. The fourth-order valence-electron chi connectivity index (χ4n) is 2.29. The van der Waals surface area contributed by atoms with Crippen LogP contribution in [-0.2, 0) is 14.3 Å². The van der Waals surface area contributed by atoms with Gasteiger partial charge in [-0.3, -0.25) is 9.59 Å². The van der Waals surface area contributed by atoms with E-state index in [1.54, 1.807) is 42.5 Å². The molecule has 140 valence electrons. The normalized spacial score (nSPS) is 11.7. The lowest BCUT2D eigenvalue weighted by Gasteiger charge is -2.09. The summed E-state index contributed by atoms with van der Waals surface area (Å²) in [7, 11) is 0. The molecule has 2 aromatic rings. The molecule has 1 aliphatic heterocycles. The average molecular weight is 388 g/mol. The zero-order valence-electron chi connectivity index (χ0n) is 14.1. The predicted octanol–water partition coefficient (Wildman–Crippen LogP) is 1.79. The average Bonchev–Trinajstić information content (AvgIpc) is 3.12. The Morgan fingerprint density at radius 2 is 1.89 bits per heavy atom. The Hall–Kier alpha value is -3.20. The van der Waals surface area contributed by atoms with Gasteiger partial charge in [0.15, 0.2) is 18.1 Å². The highest BCUT2D eigenvalue weighted by Crippen LogP contribution is 2.34. The van der Waals surface area contributed by atoms with Crippen molar-refractivity contribution in [3.05, 3.63) is 48.0 Å². The molecule has 0 saturated carbocycles. The number of hydrogen-bond acceptors (Lipinski definition) is 7. The van der Waals surface area contributed by atoms with E-state index in [-0.39, 0.29) is 24.0 Å². The van der Waals surface area contributed by atoms with Gasteiger partial charge in [-0.25, -0.2) is 4.79 Å². The molecule has 0 unspecified atom stereocenters. The lowest BCUT2D eigenvalue weighted by atomic mass is 10.2. The van der Waals surface area contributed by atoms with Crippen molar-refractivity contribution in [1.29, 1.82) is 0 Å². The van der Waals surface area contributed by atoms with Crippen LogP contribution in [0.3, 0.4) is 0 Å². The second-order valence-electron chi connectivity index (χ2n) is 5.44. The number of carbonyl (C=O) groups is 3. The van der Waals surface area contributed by atoms with Gasteiger partial charge in [0.25, 0.3) is 5.91 Å². The Bertz CT molecular complexity index is 886. The van der Waals surface area contributed by atoms with Crippen LogP contribution in [0.2, 0.25) is 0 Å². The summed E-state index contributed by atoms with van der Waals surface area (Å²) in [5.74, 6) is -0.383. The molecule has 9 heteroatoms. The van der Waals surface area contributed by atoms with E-state index in [9.17, 15) is 14.4 Å². The van der Waals surface area contributed by atoms with Crippen LogP contribution in [0.25, 0.3) is 0 Å². The minimum absolute atomic E-state index is 0.0779. The summed E-state index contributed by atoms with van der Waals surface area (Å²) in [4.78, 5) is 35.6. The molecule has 0 spiro atoms. The number of nitrogens with two attached hydrogens (primary N) is 1. The lowest BCUT2D eigenvalue weighted by molar-refractivity contribution is -0.121. The van der Waals surface area contributed by atoms with E-state index in [1.165, 1.54) is 11.8 Å². The summed E-state index contributed by atoms with van der Waals surface area (Å²) in [6.07, 6.45) is 0. The van der Waals surface area contributed by atoms with E-state index in [0.29, 0.717) is 22.1 Å². The standard InChI is InChI=1S/C18H16N2O6S/c19-16(21)8-24-18(23)12-3-1-2-4-15(12)27-9-17(22)20-11-5-6-13-14(7-11)26-10-25-13/h1-7H,8-10H2,(H2,19,21)(H,20,22). The van der Waals surface area contributed by atoms with E-state index in [0.717, 1.165) is 0 Å². The summed E-state index contributed by atoms with van der Waals surface area (Å²) >= 11 is 1.18. The first-order chi connectivity index (χ1) is 13.0.